The molecule has 0 aliphatic carbocycles. The molecule has 1 heterocycles. The fourth-order valence-corrected chi connectivity index (χ4v) is 2.88. The summed E-state index contributed by atoms with van der Waals surface area (Å²) in [5.74, 6) is 0. The first-order valence-corrected chi connectivity index (χ1v) is 7.59. The highest BCUT2D eigenvalue weighted by molar-refractivity contribution is 9.10. The zero-order valence-corrected chi connectivity index (χ0v) is 13.3. The molecule has 0 saturated heterocycles. The van der Waals surface area contributed by atoms with Gasteiger partial charge < -0.3 is 0 Å². The summed E-state index contributed by atoms with van der Waals surface area (Å²) < 4.78 is 2.22. The summed E-state index contributed by atoms with van der Waals surface area (Å²) in [4.78, 5) is 4.52. The lowest BCUT2D eigenvalue weighted by molar-refractivity contribution is 1.18. The second-order valence-corrected chi connectivity index (χ2v) is 6.17. The Kier molecular flexibility index (Phi) is 3.67. The van der Waals surface area contributed by atoms with Gasteiger partial charge in [-0.3, -0.25) is 4.98 Å². The van der Waals surface area contributed by atoms with E-state index in [0.717, 1.165) is 20.9 Å². The quantitative estimate of drug-likeness (QED) is 0.587. The predicted octanol–water partition coefficient (Wildman–Crippen LogP) is 5.35. The number of hydrogen-bond donors (Lipinski definition) is 0. The highest BCUT2D eigenvalue weighted by Gasteiger charge is 2.07. The molecule has 0 unspecified atom stereocenters. The average Bonchev–Trinajstić information content (AvgIpc) is 2.44. The SMILES string of the molecule is Brc1ccc(Cc2c(Br)ccc3cccnc23)cc1. The summed E-state index contributed by atoms with van der Waals surface area (Å²) in [5.41, 5.74) is 3.59. The molecule has 0 bridgehead atoms. The van der Waals surface area contributed by atoms with Gasteiger partial charge in [-0.15, -0.1) is 0 Å². The molecule has 0 N–H and O–H groups in total. The van der Waals surface area contributed by atoms with E-state index in [1.807, 2.05) is 12.3 Å². The second kappa shape index (κ2) is 5.43. The Morgan fingerprint density at radius 3 is 2.47 bits per heavy atom. The van der Waals surface area contributed by atoms with E-state index >= 15 is 0 Å². The van der Waals surface area contributed by atoms with Crippen LogP contribution in [0.2, 0.25) is 0 Å². The van der Waals surface area contributed by atoms with Crippen molar-refractivity contribution in [2.45, 2.75) is 6.42 Å². The van der Waals surface area contributed by atoms with Crippen molar-refractivity contribution in [2.24, 2.45) is 0 Å². The van der Waals surface area contributed by atoms with Crippen LogP contribution in [-0.4, -0.2) is 4.98 Å². The van der Waals surface area contributed by atoms with Crippen molar-refractivity contribution in [3.05, 3.63) is 74.8 Å². The smallest absolute Gasteiger partial charge is 0.0748 e. The molecule has 19 heavy (non-hydrogen) atoms. The first-order valence-electron chi connectivity index (χ1n) is 6.00. The fraction of sp³-hybridized carbons (Fsp3) is 0.0625. The summed E-state index contributed by atoms with van der Waals surface area (Å²) in [7, 11) is 0. The van der Waals surface area contributed by atoms with E-state index in [0.29, 0.717) is 0 Å². The number of aromatic nitrogens is 1. The first-order chi connectivity index (χ1) is 9.24. The van der Waals surface area contributed by atoms with E-state index in [1.165, 1.54) is 16.5 Å². The molecule has 1 nitrogen and oxygen atoms in total. The Hall–Kier alpha value is -1.19. The Morgan fingerprint density at radius 1 is 0.895 bits per heavy atom. The molecule has 0 aliphatic rings. The van der Waals surface area contributed by atoms with Crippen molar-refractivity contribution in [2.75, 3.05) is 0 Å². The number of fused-ring (bicyclic) bond motifs is 1. The van der Waals surface area contributed by atoms with E-state index < -0.39 is 0 Å². The van der Waals surface area contributed by atoms with Gasteiger partial charge in [-0.2, -0.15) is 0 Å². The first kappa shape index (κ1) is 12.8. The van der Waals surface area contributed by atoms with Gasteiger partial charge in [0.1, 0.15) is 0 Å². The van der Waals surface area contributed by atoms with Crippen molar-refractivity contribution in [1.82, 2.24) is 4.98 Å². The molecular formula is C16H11Br2N. The molecule has 1 aromatic heterocycles. The Bertz CT molecular complexity index is 720. The summed E-state index contributed by atoms with van der Waals surface area (Å²) in [6.07, 6.45) is 2.72. The third-order valence-corrected chi connectivity index (χ3v) is 4.39. The van der Waals surface area contributed by atoms with Crippen LogP contribution in [0, 0.1) is 0 Å². The van der Waals surface area contributed by atoms with Crippen molar-refractivity contribution in [3.63, 3.8) is 0 Å². The number of hydrogen-bond acceptors (Lipinski definition) is 1. The molecule has 3 rings (SSSR count). The predicted molar refractivity (Wildman–Crippen MR) is 86.4 cm³/mol. The van der Waals surface area contributed by atoms with Gasteiger partial charge in [-0.1, -0.05) is 56.1 Å². The van der Waals surface area contributed by atoms with E-state index in [2.05, 4.69) is 79.3 Å². The fourth-order valence-electron chi connectivity index (χ4n) is 2.16. The normalized spacial score (nSPS) is 10.8. The van der Waals surface area contributed by atoms with Gasteiger partial charge in [0.25, 0.3) is 0 Å². The third-order valence-electron chi connectivity index (χ3n) is 3.12. The molecule has 0 saturated carbocycles. The zero-order valence-electron chi connectivity index (χ0n) is 10.1. The van der Waals surface area contributed by atoms with Crippen LogP contribution in [0.1, 0.15) is 11.1 Å². The van der Waals surface area contributed by atoms with E-state index in [1.54, 1.807) is 0 Å². The van der Waals surface area contributed by atoms with Gasteiger partial charge >= 0.3 is 0 Å². The van der Waals surface area contributed by atoms with Crippen molar-refractivity contribution < 1.29 is 0 Å². The van der Waals surface area contributed by atoms with Crippen LogP contribution in [0.3, 0.4) is 0 Å². The Morgan fingerprint density at radius 2 is 1.68 bits per heavy atom. The van der Waals surface area contributed by atoms with Crippen LogP contribution in [0.5, 0.6) is 0 Å². The number of nitrogens with zero attached hydrogens (tertiary/aromatic N) is 1. The van der Waals surface area contributed by atoms with Gasteiger partial charge in [0.05, 0.1) is 5.52 Å². The average molecular weight is 377 g/mol. The topological polar surface area (TPSA) is 12.9 Å². The summed E-state index contributed by atoms with van der Waals surface area (Å²) in [6, 6.07) is 16.7. The minimum Gasteiger partial charge on any atom is -0.256 e. The zero-order chi connectivity index (χ0) is 13.2. The molecule has 94 valence electrons. The molecule has 0 aliphatic heterocycles. The lowest BCUT2D eigenvalue weighted by Gasteiger charge is -2.08. The molecule has 0 atom stereocenters. The van der Waals surface area contributed by atoms with Crippen LogP contribution >= 0.6 is 31.9 Å². The third kappa shape index (κ3) is 2.72. The van der Waals surface area contributed by atoms with Crippen LogP contribution < -0.4 is 0 Å². The van der Waals surface area contributed by atoms with Gasteiger partial charge in [0.2, 0.25) is 0 Å². The maximum atomic E-state index is 4.52. The van der Waals surface area contributed by atoms with Gasteiger partial charge in [0, 0.05) is 26.9 Å². The standard InChI is InChI=1S/C16H11Br2N/c17-13-6-3-11(4-7-13)10-14-15(18)8-5-12-2-1-9-19-16(12)14/h1-9H,10H2. The lowest BCUT2D eigenvalue weighted by atomic mass is 10.0. The monoisotopic (exact) mass is 375 g/mol. The maximum Gasteiger partial charge on any atom is 0.0748 e. The Balaban J connectivity index is 2.09. The van der Waals surface area contributed by atoms with E-state index in [-0.39, 0.29) is 0 Å². The van der Waals surface area contributed by atoms with Gasteiger partial charge in [0.15, 0.2) is 0 Å². The molecule has 2 aromatic carbocycles. The highest BCUT2D eigenvalue weighted by Crippen LogP contribution is 2.27. The highest BCUT2D eigenvalue weighted by atomic mass is 79.9. The van der Waals surface area contributed by atoms with E-state index in [4.69, 9.17) is 0 Å². The molecule has 0 spiro atoms. The maximum absolute atomic E-state index is 4.52. The second-order valence-electron chi connectivity index (χ2n) is 4.40. The molecule has 3 heteroatoms. The molecule has 0 radical (unpaired) electrons. The van der Waals surface area contributed by atoms with Crippen molar-refractivity contribution >= 4 is 42.8 Å². The van der Waals surface area contributed by atoms with Crippen LogP contribution in [-0.2, 0) is 6.42 Å². The van der Waals surface area contributed by atoms with Gasteiger partial charge in [-0.05, 0) is 35.4 Å². The van der Waals surface area contributed by atoms with Crippen molar-refractivity contribution in [3.8, 4) is 0 Å². The lowest BCUT2D eigenvalue weighted by Crippen LogP contribution is -1.93. The van der Waals surface area contributed by atoms with Gasteiger partial charge in [-0.25, -0.2) is 0 Å². The largest absolute Gasteiger partial charge is 0.256 e. The minimum atomic E-state index is 0.877. The minimum absolute atomic E-state index is 0.877. The van der Waals surface area contributed by atoms with Crippen LogP contribution in [0.25, 0.3) is 10.9 Å². The summed E-state index contributed by atoms with van der Waals surface area (Å²) >= 11 is 7.10. The van der Waals surface area contributed by atoms with E-state index in [9.17, 15) is 0 Å². The van der Waals surface area contributed by atoms with Crippen LogP contribution in [0.4, 0.5) is 0 Å². The number of halogens is 2. The molecule has 0 fully saturated rings. The number of pyridine rings is 1. The van der Waals surface area contributed by atoms with Crippen molar-refractivity contribution in [1.29, 1.82) is 0 Å². The molecular weight excluding hydrogens is 366 g/mol. The summed E-state index contributed by atoms with van der Waals surface area (Å²) in [5, 5.41) is 1.18. The molecule has 3 aromatic rings. The molecule has 0 amide bonds. The van der Waals surface area contributed by atoms with Crippen LogP contribution in [0.15, 0.2) is 63.7 Å². The number of benzene rings is 2. The summed E-state index contributed by atoms with van der Waals surface area (Å²) in [6.45, 7) is 0. The Labute approximate surface area is 128 Å². The number of rotatable bonds is 2.